The Balaban J connectivity index is 1.96. The summed E-state index contributed by atoms with van der Waals surface area (Å²) in [6, 6.07) is 5.63. The molecule has 1 unspecified atom stereocenters. The molecule has 1 atom stereocenters. The minimum absolute atomic E-state index is 0.0451. The van der Waals surface area contributed by atoms with Gasteiger partial charge in [0.15, 0.2) is 0 Å². The van der Waals surface area contributed by atoms with Crippen LogP contribution in [0.5, 0.6) is 5.75 Å². The zero-order chi connectivity index (χ0) is 14.4. The van der Waals surface area contributed by atoms with Crippen molar-refractivity contribution in [1.82, 2.24) is 5.32 Å². The molecule has 1 aliphatic heterocycles. The van der Waals surface area contributed by atoms with Gasteiger partial charge in [-0.2, -0.15) is 0 Å². The Hall–Kier alpha value is -1.11. The summed E-state index contributed by atoms with van der Waals surface area (Å²) in [5.74, 6) is 0.624. The summed E-state index contributed by atoms with van der Waals surface area (Å²) in [7, 11) is 0. The molecule has 0 aliphatic carbocycles. The van der Waals surface area contributed by atoms with Crippen LogP contribution in [-0.2, 0) is 9.53 Å². The maximum absolute atomic E-state index is 12.0. The molecular formula is C14H19BrN2O3. The Bertz CT molecular complexity index is 462. The van der Waals surface area contributed by atoms with E-state index in [1.807, 2.05) is 25.1 Å². The van der Waals surface area contributed by atoms with Gasteiger partial charge in [0.25, 0.3) is 0 Å². The molecule has 1 amide bonds. The van der Waals surface area contributed by atoms with Gasteiger partial charge in [-0.15, -0.1) is 0 Å². The average Bonchev–Trinajstić information content (AvgIpc) is 2.43. The van der Waals surface area contributed by atoms with Crippen LogP contribution in [0.2, 0.25) is 0 Å². The van der Waals surface area contributed by atoms with Crippen LogP contribution < -0.4 is 15.4 Å². The predicted octanol–water partition coefficient (Wildman–Crippen LogP) is 2.16. The summed E-state index contributed by atoms with van der Waals surface area (Å²) in [5.41, 5.74) is 0.691. The van der Waals surface area contributed by atoms with E-state index in [9.17, 15) is 4.79 Å². The fourth-order valence-corrected chi connectivity index (χ4v) is 2.39. The number of nitrogens with one attached hydrogen (secondary N) is 2. The molecule has 110 valence electrons. The monoisotopic (exact) mass is 342 g/mol. The summed E-state index contributed by atoms with van der Waals surface area (Å²) in [6.45, 7) is 4.54. The van der Waals surface area contributed by atoms with Crippen LogP contribution in [0.3, 0.4) is 0 Å². The minimum Gasteiger partial charge on any atom is -0.492 e. The third-order valence-corrected chi connectivity index (χ3v) is 3.44. The van der Waals surface area contributed by atoms with E-state index < -0.39 is 0 Å². The molecule has 1 aromatic rings. The number of hydrogen-bond acceptors (Lipinski definition) is 4. The van der Waals surface area contributed by atoms with E-state index in [0.29, 0.717) is 37.7 Å². The second-order valence-electron chi connectivity index (χ2n) is 4.55. The maximum atomic E-state index is 12.0. The van der Waals surface area contributed by atoms with Gasteiger partial charge in [-0.25, -0.2) is 0 Å². The molecule has 0 spiro atoms. The average molecular weight is 343 g/mol. The molecule has 2 rings (SSSR count). The number of halogens is 1. The van der Waals surface area contributed by atoms with Gasteiger partial charge < -0.3 is 20.1 Å². The fraction of sp³-hybridized carbons (Fsp3) is 0.500. The van der Waals surface area contributed by atoms with Gasteiger partial charge in [-0.1, -0.05) is 15.9 Å². The Kier molecular flexibility index (Phi) is 5.82. The van der Waals surface area contributed by atoms with Crippen molar-refractivity contribution in [2.75, 3.05) is 31.7 Å². The lowest BCUT2D eigenvalue weighted by molar-refractivity contribution is -0.117. The molecule has 1 saturated heterocycles. The SMILES string of the molecule is CCOc1cc(Br)ccc1NC(=O)CC1COCCN1. The van der Waals surface area contributed by atoms with E-state index in [2.05, 4.69) is 26.6 Å². The van der Waals surface area contributed by atoms with E-state index in [1.165, 1.54) is 0 Å². The lowest BCUT2D eigenvalue weighted by Crippen LogP contribution is -2.43. The van der Waals surface area contributed by atoms with E-state index in [0.717, 1.165) is 11.0 Å². The number of carbonyl (C=O) groups is 1. The van der Waals surface area contributed by atoms with Crippen molar-refractivity contribution < 1.29 is 14.3 Å². The molecule has 1 aliphatic rings. The van der Waals surface area contributed by atoms with E-state index in [4.69, 9.17) is 9.47 Å². The van der Waals surface area contributed by atoms with Crippen LogP contribution in [0.4, 0.5) is 5.69 Å². The maximum Gasteiger partial charge on any atom is 0.226 e. The van der Waals surface area contributed by atoms with Crippen LogP contribution >= 0.6 is 15.9 Å². The third-order valence-electron chi connectivity index (χ3n) is 2.95. The topological polar surface area (TPSA) is 59.6 Å². The van der Waals surface area contributed by atoms with Gasteiger partial charge in [-0.3, -0.25) is 4.79 Å². The molecule has 6 heteroatoms. The second kappa shape index (κ2) is 7.61. The van der Waals surface area contributed by atoms with E-state index in [1.54, 1.807) is 0 Å². The number of anilines is 1. The highest BCUT2D eigenvalue weighted by atomic mass is 79.9. The van der Waals surface area contributed by atoms with Crippen molar-refractivity contribution in [1.29, 1.82) is 0 Å². The second-order valence-corrected chi connectivity index (χ2v) is 5.47. The Morgan fingerprint density at radius 3 is 3.15 bits per heavy atom. The molecule has 5 nitrogen and oxygen atoms in total. The molecule has 2 N–H and O–H groups in total. The third kappa shape index (κ3) is 4.47. The van der Waals surface area contributed by atoms with Crippen molar-refractivity contribution >= 4 is 27.5 Å². The van der Waals surface area contributed by atoms with Crippen molar-refractivity contribution in [2.45, 2.75) is 19.4 Å². The lowest BCUT2D eigenvalue weighted by Gasteiger charge is -2.23. The largest absolute Gasteiger partial charge is 0.492 e. The fourth-order valence-electron chi connectivity index (χ4n) is 2.05. The molecule has 1 fully saturated rings. The number of morpholine rings is 1. The number of rotatable bonds is 5. The first-order valence-corrected chi connectivity index (χ1v) is 7.51. The van der Waals surface area contributed by atoms with Gasteiger partial charge in [0.2, 0.25) is 5.91 Å². The van der Waals surface area contributed by atoms with E-state index in [-0.39, 0.29) is 11.9 Å². The summed E-state index contributed by atoms with van der Waals surface area (Å²) >= 11 is 3.39. The first-order valence-electron chi connectivity index (χ1n) is 6.72. The Morgan fingerprint density at radius 1 is 1.60 bits per heavy atom. The van der Waals surface area contributed by atoms with Crippen LogP contribution in [0, 0.1) is 0 Å². The smallest absolute Gasteiger partial charge is 0.226 e. The molecule has 0 saturated carbocycles. The van der Waals surface area contributed by atoms with Crippen molar-refractivity contribution in [2.24, 2.45) is 0 Å². The van der Waals surface area contributed by atoms with Crippen molar-refractivity contribution in [3.05, 3.63) is 22.7 Å². The van der Waals surface area contributed by atoms with Gasteiger partial charge in [-0.05, 0) is 25.1 Å². The standard InChI is InChI=1S/C14H19BrN2O3/c1-2-20-13-7-10(15)3-4-12(13)17-14(18)8-11-9-19-6-5-16-11/h3-4,7,11,16H,2,5-6,8-9H2,1H3,(H,17,18). The summed E-state index contributed by atoms with van der Waals surface area (Å²) < 4.78 is 11.8. The van der Waals surface area contributed by atoms with Crippen LogP contribution in [-0.4, -0.2) is 38.3 Å². The number of amides is 1. The van der Waals surface area contributed by atoms with Crippen LogP contribution in [0.25, 0.3) is 0 Å². The van der Waals surface area contributed by atoms with Crippen LogP contribution in [0.15, 0.2) is 22.7 Å². The first-order chi connectivity index (χ1) is 9.69. The van der Waals surface area contributed by atoms with Gasteiger partial charge in [0.1, 0.15) is 5.75 Å². The molecular weight excluding hydrogens is 324 g/mol. The van der Waals surface area contributed by atoms with Gasteiger partial charge in [0.05, 0.1) is 25.5 Å². The summed E-state index contributed by atoms with van der Waals surface area (Å²) in [5, 5.41) is 6.15. The number of ether oxygens (including phenoxy) is 2. The Labute approximate surface area is 127 Å². The van der Waals surface area contributed by atoms with Crippen molar-refractivity contribution in [3.63, 3.8) is 0 Å². The molecule has 20 heavy (non-hydrogen) atoms. The lowest BCUT2D eigenvalue weighted by atomic mass is 10.2. The summed E-state index contributed by atoms with van der Waals surface area (Å²) in [6.07, 6.45) is 0.391. The predicted molar refractivity (Wildman–Crippen MR) is 81.2 cm³/mol. The van der Waals surface area contributed by atoms with Crippen LogP contribution in [0.1, 0.15) is 13.3 Å². The summed E-state index contributed by atoms with van der Waals surface area (Å²) in [4.78, 5) is 12.0. The molecule has 1 heterocycles. The number of benzene rings is 1. The highest BCUT2D eigenvalue weighted by molar-refractivity contribution is 9.10. The first kappa shape index (κ1) is 15.3. The van der Waals surface area contributed by atoms with Crippen molar-refractivity contribution in [3.8, 4) is 5.75 Å². The number of carbonyl (C=O) groups excluding carboxylic acids is 1. The Morgan fingerprint density at radius 2 is 2.45 bits per heavy atom. The highest BCUT2D eigenvalue weighted by Gasteiger charge is 2.17. The quantitative estimate of drug-likeness (QED) is 0.860. The van der Waals surface area contributed by atoms with E-state index >= 15 is 0 Å². The van der Waals surface area contributed by atoms with Gasteiger partial charge in [0, 0.05) is 23.5 Å². The molecule has 0 bridgehead atoms. The molecule has 0 radical (unpaired) electrons. The molecule has 0 aromatic heterocycles. The highest BCUT2D eigenvalue weighted by Crippen LogP contribution is 2.28. The minimum atomic E-state index is -0.0451. The molecule has 1 aromatic carbocycles. The number of hydrogen-bond donors (Lipinski definition) is 2. The van der Waals surface area contributed by atoms with Gasteiger partial charge >= 0.3 is 0 Å². The zero-order valence-electron chi connectivity index (χ0n) is 11.4. The normalized spacial score (nSPS) is 18.6. The zero-order valence-corrected chi connectivity index (χ0v) is 13.0.